The molecule has 170 valence electrons. The van der Waals surface area contributed by atoms with Gasteiger partial charge in [-0.15, -0.1) is 0 Å². The number of rotatable bonds is 5. The van der Waals surface area contributed by atoms with Crippen LogP contribution in [0.25, 0.3) is 10.8 Å². The van der Waals surface area contributed by atoms with Crippen molar-refractivity contribution in [2.75, 3.05) is 0 Å². The standard InChI is InChI=1S/C25H31N3O4/c1-25(2,3)32-24(31)28-19-11-10-18(14-19)21(28)23(30)27-20(22(26)29)13-15-8-9-16-6-4-5-7-17(16)12-15/h4-9,12,18-21H,10-11,13-14H2,1-3H3,(H2,26,29)(H,27,30). The van der Waals surface area contributed by atoms with Gasteiger partial charge in [0.2, 0.25) is 11.8 Å². The summed E-state index contributed by atoms with van der Waals surface area (Å²) in [6.45, 7) is 5.42. The molecule has 4 rings (SSSR count). The fourth-order valence-corrected chi connectivity index (χ4v) is 4.98. The van der Waals surface area contributed by atoms with Gasteiger partial charge in [-0.25, -0.2) is 4.79 Å². The van der Waals surface area contributed by atoms with E-state index >= 15 is 0 Å². The number of nitrogens with one attached hydrogen (secondary N) is 1. The second kappa shape index (κ2) is 8.45. The van der Waals surface area contributed by atoms with Gasteiger partial charge < -0.3 is 15.8 Å². The Morgan fingerprint density at radius 2 is 1.84 bits per heavy atom. The third-order valence-electron chi connectivity index (χ3n) is 6.37. The molecule has 0 aromatic heterocycles. The average Bonchev–Trinajstić information content (AvgIpc) is 3.33. The molecule has 3 amide bonds. The highest BCUT2D eigenvalue weighted by Gasteiger charge is 2.52. The van der Waals surface area contributed by atoms with E-state index in [1.54, 1.807) is 25.7 Å². The molecule has 1 aliphatic heterocycles. The number of primary amides is 1. The highest BCUT2D eigenvalue weighted by Crippen LogP contribution is 2.43. The van der Waals surface area contributed by atoms with E-state index in [0.717, 1.165) is 35.6 Å². The first kappa shape index (κ1) is 22.1. The number of hydrogen-bond donors (Lipinski definition) is 2. The summed E-state index contributed by atoms with van der Waals surface area (Å²) in [5, 5.41) is 4.99. The molecule has 4 atom stereocenters. The highest BCUT2D eigenvalue weighted by atomic mass is 16.6. The summed E-state index contributed by atoms with van der Waals surface area (Å²) in [7, 11) is 0. The monoisotopic (exact) mass is 437 g/mol. The van der Waals surface area contributed by atoms with E-state index in [1.165, 1.54) is 0 Å². The van der Waals surface area contributed by atoms with E-state index < -0.39 is 29.7 Å². The lowest BCUT2D eigenvalue weighted by atomic mass is 9.96. The summed E-state index contributed by atoms with van der Waals surface area (Å²) >= 11 is 0. The molecule has 7 heteroatoms. The Morgan fingerprint density at radius 3 is 2.53 bits per heavy atom. The van der Waals surface area contributed by atoms with Crippen molar-refractivity contribution in [3.8, 4) is 0 Å². The number of hydrogen-bond acceptors (Lipinski definition) is 4. The van der Waals surface area contributed by atoms with Crippen LogP contribution in [0.5, 0.6) is 0 Å². The number of carbonyl (C=O) groups excluding carboxylic acids is 3. The number of nitrogens with zero attached hydrogens (tertiary/aromatic N) is 1. The lowest BCUT2D eigenvalue weighted by Gasteiger charge is -2.36. The van der Waals surface area contributed by atoms with Crippen molar-refractivity contribution in [3.05, 3.63) is 48.0 Å². The molecule has 1 saturated heterocycles. The minimum atomic E-state index is -0.858. The van der Waals surface area contributed by atoms with E-state index in [-0.39, 0.29) is 17.9 Å². The largest absolute Gasteiger partial charge is 0.444 e. The summed E-state index contributed by atoms with van der Waals surface area (Å²) in [6, 6.07) is 12.4. The van der Waals surface area contributed by atoms with Crippen molar-refractivity contribution in [1.29, 1.82) is 0 Å². The minimum absolute atomic E-state index is 0.00174. The van der Waals surface area contributed by atoms with Gasteiger partial charge in [0.1, 0.15) is 17.7 Å². The molecule has 2 aliphatic rings. The Morgan fingerprint density at radius 1 is 1.12 bits per heavy atom. The first-order chi connectivity index (χ1) is 15.1. The predicted molar refractivity (Wildman–Crippen MR) is 122 cm³/mol. The molecule has 7 nitrogen and oxygen atoms in total. The number of piperidine rings is 1. The zero-order valence-corrected chi connectivity index (χ0v) is 18.8. The van der Waals surface area contributed by atoms with E-state index in [2.05, 4.69) is 5.32 Å². The maximum atomic E-state index is 13.3. The maximum Gasteiger partial charge on any atom is 0.411 e. The molecule has 2 aromatic rings. The predicted octanol–water partition coefficient (Wildman–Crippen LogP) is 3.14. The summed E-state index contributed by atoms with van der Waals surface area (Å²) in [5.74, 6) is -0.868. The fourth-order valence-electron chi connectivity index (χ4n) is 4.98. The van der Waals surface area contributed by atoms with Gasteiger partial charge in [-0.1, -0.05) is 42.5 Å². The number of ether oxygens (including phenoxy) is 1. The summed E-state index contributed by atoms with van der Waals surface area (Å²) < 4.78 is 5.56. The highest BCUT2D eigenvalue weighted by molar-refractivity contribution is 5.92. The van der Waals surface area contributed by atoms with Crippen LogP contribution in [0.4, 0.5) is 4.79 Å². The first-order valence-electron chi connectivity index (χ1n) is 11.2. The van der Waals surface area contributed by atoms with Crippen molar-refractivity contribution in [2.45, 2.75) is 70.2 Å². The Bertz CT molecular complexity index is 1040. The van der Waals surface area contributed by atoms with Crippen LogP contribution < -0.4 is 11.1 Å². The van der Waals surface area contributed by atoms with Crippen LogP contribution in [0, 0.1) is 5.92 Å². The van der Waals surface area contributed by atoms with Crippen LogP contribution in [0.15, 0.2) is 42.5 Å². The zero-order chi connectivity index (χ0) is 23.0. The van der Waals surface area contributed by atoms with Crippen LogP contribution in [0.2, 0.25) is 0 Å². The topological polar surface area (TPSA) is 102 Å². The third kappa shape index (κ3) is 4.56. The van der Waals surface area contributed by atoms with E-state index in [9.17, 15) is 14.4 Å². The van der Waals surface area contributed by atoms with Gasteiger partial charge in [-0.05, 0) is 62.3 Å². The zero-order valence-electron chi connectivity index (χ0n) is 18.8. The number of benzene rings is 2. The number of fused-ring (bicyclic) bond motifs is 3. The SMILES string of the molecule is CC(C)(C)OC(=O)N1C2CCC(C2)C1C(=O)NC(Cc1ccc2ccccc2c1)C(N)=O. The molecule has 2 fully saturated rings. The molecule has 0 radical (unpaired) electrons. The minimum Gasteiger partial charge on any atom is -0.444 e. The summed E-state index contributed by atoms with van der Waals surface area (Å²) in [6.07, 6.45) is 2.34. The Labute approximate surface area is 188 Å². The van der Waals surface area contributed by atoms with Gasteiger partial charge >= 0.3 is 6.09 Å². The van der Waals surface area contributed by atoms with E-state index in [1.807, 2.05) is 42.5 Å². The number of nitrogens with two attached hydrogens (primary N) is 1. The fraction of sp³-hybridized carbons (Fsp3) is 0.480. The number of amides is 3. The van der Waals surface area contributed by atoms with Crippen molar-refractivity contribution < 1.29 is 19.1 Å². The van der Waals surface area contributed by atoms with E-state index in [0.29, 0.717) is 6.42 Å². The van der Waals surface area contributed by atoms with Crippen molar-refractivity contribution >= 4 is 28.7 Å². The molecule has 3 N–H and O–H groups in total. The lowest BCUT2D eigenvalue weighted by Crippen LogP contribution is -2.57. The van der Waals surface area contributed by atoms with Gasteiger partial charge in [0.15, 0.2) is 0 Å². The molecule has 4 unspecified atom stereocenters. The smallest absolute Gasteiger partial charge is 0.411 e. The van der Waals surface area contributed by atoms with Gasteiger partial charge in [0, 0.05) is 12.5 Å². The molecule has 2 aromatic carbocycles. The molecule has 1 saturated carbocycles. The van der Waals surface area contributed by atoms with Gasteiger partial charge in [0.25, 0.3) is 0 Å². The molecule has 0 spiro atoms. The summed E-state index contributed by atoms with van der Waals surface area (Å²) in [5.41, 5.74) is 5.90. The van der Waals surface area contributed by atoms with Crippen LogP contribution in [-0.2, 0) is 20.7 Å². The van der Waals surface area contributed by atoms with E-state index in [4.69, 9.17) is 10.5 Å². The van der Waals surface area contributed by atoms with Crippen LogP contribution in [0.3, 0.4) is 0 Å². The lowest BCUT2D eigenvalue weighted by molar-refractivity contribution is -0.132. The molecular weight excluding hydrogens is 406 g/mol. The third-order valence-corrected chi connectivity index (χ3v) is 6.37. The number of likely N-dealkylation sites (tertiary alicyclic amines) is 1. The van der Waals surface area contributed by atoms with Gasteiger partial charge in [-0.3, -0.25) is 14.5 Å². The summed E-state index contributed by atoms with van der Waals surface area (Å²) in [4.78, 5) is 39.9. The normalized spacial score (nSPS) is 23.2. The van der Waals surface area contributed by atoms with Crippen LogP contribution >= 0.6 is 0 Å². The van der Waals surface area contributed by atoms with Crippen molar-refractivity contribution in [1.82, 2.24) is 10.2 Å². The molecule has 1 aliphatic carbocycles. The molecular formula is C25H31N3O4. The van der Waals surface area contributed by atoms with Crippen LogP contribution in [-0.4, -0.2) is 46.5 Å². The number of carbonyl (C=O) groups is 3. The Hall–Kier alpha value is -3.09. The van der Waals surface area contributed by atoms with Crippen molar-refractivity contribution in [3.63, 3.8) is 0 Å². The van der Waals surface area contributed by atoms with Crippen molar-refractivity contribution in [2.24, 2.45) is 11.7 Å². The Balaban J connectivity index is 1.50. The second-order valence-corrected chi connectivity index (χ2v) is 9.91. The molecule has 2 bridgehead atoms. The average molecular weight is 438 g/mol. The van der Waals surface area contributed by atoms with Gasteiger partial charge in [-0.2, -0.15) is 0 Å². The molecule has 32 heavy (non-hydrogen) atoms. The quantitative estimate of drug-likeness (QED) is 0.750. The van der Waals surface area contributed by atoms with Crippen LogP contribution in [0.1, 0.15) is 45.6 Å². The molecule has 1 heterocycles. The van der Waals surface area contributed by atoms with Gasteiger partial charge in [0.05, 0.1) is 0 Å². The first-order valence-corrected chi connectivity index (χ1v) is 11.2. The maximum absolute atomic E-state index is 13.3. The second-order valence-electron chi connectivity index (χ2n) is 9.91. The Kier molecular flexibility index (Phi) is 5.84.